The summed E-state index contributed by atoms with van der Waals surface area (Å²) >= 11 is 1.43. The first-order valence-corrected chi connectivity index (χ1v) is 11.8. The van der Waals surface area contributed by atoms with Crippen LogP contribution in [0.2, 0.25) is 0 Å². The minimum atomic E-state index is -4.75. The largest absolute Gasteiger partial charge is 0.420 e. The van der Waals surface area contributed by atoms with E-state index in [1.54, 1.807) is 7.11 Å². The van der Waals surface area contributed by atoms with Crippen molar-refractivity contribution in [3.8, 4) is 5.82 Å². The number of urea groups is 1. The van der Waals surface area contributed by atoms with E-state index in [1.807, 2.05) is 13.8 Å². The number of fused-ring (bicyclic) bond motifs is 1. The highest BCUT2D eigenvalue weighted by Crippen LogP contribution is 2.51. The Bertz CT molecular complexity index is 1440. The minimum Gasteiger partial charge on any atom is -0.373 e. The number of pyridine rings is 2. The fourth-order valence-corrected chi connectivity index (χ4v) is 4.96. The van der Waals surface area contributed by atoms with Crippen LogP contribution in [-0.2, 0) is 16.5 Å². The molecular formula is C22H21F3N8O2S. The molecule has 1 unspecified atom stereocenters. The maximum atomic E-state index is 13.7. The first-order valence-electron chi connectivity index (χ1n) is 10.9. The zero-order valence-corrected chi connectivity index (χ0v) is 20.2. The summed E-state index contributed by atoms with van der Waals surface area (Å²) in [5.41, 5.74) is -0.308. The van der Waals surface area contributed by atoms with Crippen LogP contribution in [0.4, 0.5) is 29.3 Å². The summed E-state index contributed by atoms with van der Waals surface area (Å²) in [7, 11) is 1.61. The highest BCUT2D eigenvalue weighted by Gasteiger charge is 2.46. The first kappa shape index (κ1) is 24.1. The smallest absolute Gasteiger partial charge is 0.373 e. The molecule has 4 aromatic rings. The lowest BCUT2D eigenvalue weighted by Crippen LogP contribution is -2.30. The van der Waals surface area contributed by atoms with Crippen molar-refractivity contribution >= 4 is 39.1 Å². The van der Waals surface area contributed by atoms with Gasteiger partial charge in [-0.15, -0.1) is 4.80 Å². The molecule has 10 nitrogen and oxygen atoms in total. The van der Waals surface area contributed by atoms with Gasteiger partial charge in [-0.05, 0) is 38.7 Å². The zero-order chi connectivity index (χ0) is 25.7. The van der Waals surface area contributed by atoms with Gasteiger partial charge in [0.1, 0.15) is 15.9 Å². The molecule has 0 spiro atoms. The van der Waals surface area contributed by atoms with Crippen molar-refractivity contribution < 1.29 is 22.7 Å². The Labute approximate surface area is 206 Å². The molecule has 36 heavy (non-hydrogen) atoms. The Kier molecular flexibility index (Phi) is 5.87. The molecule has 0 aromatic carbocycles. The number of nitrogens with zero attached hydrogens (tertiary/aromatic N) is 6. The molecule has 1 fully saturated rings. The summed E-state index contributed by atoms with van der Waals surface area (Å²) in [5, 5.41) is 13.4. The quantitative estimate of drug-likeness (QED) is 0.372. The van der Waals surface area contributed by atoms with Crippen molar-refractivity contribution in [2.24, 2.45) is 5.92 Å². The molecule has 14 heteroatoms. The van der Waals surface area contributed by atoms with Crippen LogP contribution in [0, 0.1) is 12.8 Å². The predicted molar refractivity (Wildman–Crippen MR) is 126 cm³/mol. The van der Waals surface area contributed by atoms with Gasteiger partial charge in [0.05, 0.1) is 46.8 Å². The van der Waals surface area contributed by atoms with Crippen LogP contribution in [0.1, 0.15) is 35.9 Å². The second-order valence-corrected chi connectivity index (χ2v) is 9.69. The Hall–Kier alpha value is -3.65. The Morgan fingerprint density at radius 2 is 1.89 bits per heavy atom. The van der Waals surface area contributed by atoms with Crippen LogP contribution in [0.25, 0.3) is 16.2 Å². The van der Waals surface area contributed by atoms with Crippen LogP contribution < -0.4 is 10.6 Å². The van der Waals surface area contributed by atoms with Crippen molar-refractivity contribution in [3.63, 3.8) is 0 Å². The summed E-state index contributed by atoms with van der Waals surface area (Å²) < 4.78 is 47.0. The van der Waals surface area contributed by atoms with Crippen molar-refractivity contribution in [2.75, 3.05) is 17.7 Å². The number of carbonyl (C=O) groups is 1. The summed E-state index contributed by atoms with van der Waals surface area (Å²) in [5.74, 6) is -0.268. The Morgan fingerprint density at radius 1 is 1.17 bits per heavy atom. The van der Waals surface area contributed by atoms with Crippen LogP contribution in [0.15, 0.2) is 30.9 Å². The molecule has 5 rings (SSSR count). The average Bonchev–Trinajstić information content (AvgIpc) is 3.41. The van der Waals surface area contributed by atoms with Crippen LogP contribution >= 0.6 is 11.3 Å². The summed E-state index contributed by atoms with van der Waals surface area (Å²) in [6.07, 6.45) is 2.27. The second kappa shape index (κ2) is 8.78. The van der Waals surface area contributed by atoms with E-state index in [9.17, 15) is 18.0 Å². The Balaban J connectivity index is 1.47. The second-order valence-electron chi connectivity index (χ2n) is 8.51. The molecule has 2 amide bonds. The monoisotopic (exact) mass is 518 g/mol. The number of ether oxygens (including phenoxy) is 1. The van der Waals surface area contributed by atoms with E-state index >= 15 is 0 Å². The molecule has 1 aliphatic rings. The maximum absolute atomic E-state index is 13.7. The number of anilines is 2. The number of hydrogen-bond donors (Lipinski definition) is 2. The molecule has 0 radical (unpaired) electrons. The predicted octanol–water partition coefficient (Wildman–Crippen LogP) is 4.91. The lowest BCUT2D eigenvalue weighted by atomic mass is 9.89. The number of methoxy groups -OCH3 is 1. The van der Waals surface area contributed by atoms with Crippen molar-refractivity contribution in [1.82, 2.24) is 29.9 Å². The van der Waals surface area contributed by atoms with E-state index < -0.39 is 29.2 Å². The third-order valence-electron chi connectivity index (χ3n) is 6.10. The topological polar surface area (TPSA) is 120 Å². The molecule has 0 saturated heterocycles. The number of nitrogens with one attached hydrogen (secondary N) is 2. The lowest BCUT2D eigenvalue weighted by Gasteiger charge is -2.31. The number of aromatic nitrogens is 6. The number of thiazole rings is 1. The number of hydrogen-bond acceptors (Lipinski definition) is 8. The lowest BCUT2D eigenvalue weighted by molar-refractivity contribution is -0.137. The van der Waals surface area contributed by atoms with Gasteiger partial charge >= 0.3 is 12.2 Å². The van der Waals surface area contributed by atoms with Crippen LogP contribution in [0.5, 0.6) is 0 Å². The van der Waals surface area contributed by atoms with Crippen LogP contribution in [0.3, 0.4) is 0 Å². The van der Waals surface area contributed by atoms with Gasteiger partial charge < -0.3 is 15.4 Å². The van der Waals surface area contributed by atoms with E-state index in [2.05, 4.69) is 35.8 Å². The third-order valence-corrected chi connectivity index (χ3v) is 6.98. The van der Waals surface area contributed by atoms with E-state index in [1.165, 1.54) is 29.9 Å². The standard InChI is InChI=1S/C22H21F3N8O2S/c1-11-30-17-16(21(2,35-3)12-4-5-12)15(10-27-19(17)36-11)32-20(34)31-13-8-14(22(23,24)25)18(26-9-13)33-28-6-7-29-33/h6-10,12H,4-5H2,1-3H3,(H2,31,32,34). The summed E-state index contributed by atoms with van der Waals surface area (Å²) in [6, 6.07) is 0.0134. The molecule has 0 bridgehead atoms. The molecule has 4 aromatic heterocycles. The number of alkyl halides is 3. The van der Waals surface area contributed by atoms with Crippen LogP contribution in [-0.4, -0.2) is 43.1 Å². The highest BCUT2D eigenvalue weighted by molar-refractivity contribution is 7.18. The first-order chi connectivity index (χ1) is 17.1. The van der Waals surface area contributed by atoms with Crippen molar-refractivity contribution in [3.05, 3.63) is 47.0 Å². The fourth-order valence-electron chi connectivity index (χ4n) is 4.19. The van der Waals surface area contributed by atoms with Gasteiger partial charge in [0.2, 0.25) is 0 Å². The van der Waals surface area contributed by atoms with Gasteiger partial charge in [-0.25, -0.2) is 19.7 Å². The number of aryl methyl sites for hydroxylation is 1. The third kappa shape index (κ3) is 4.37. The highest BCUT2D eigenvalue weighted by atomic mass is 32.1. The molecule has 2 N–H and O–H groups in total. The fraction of sp³-hybridized carbons (Fsp3) is 0.364. The average molecular weight is 519 g/mol. The number of amides is 2. The molecule has 1 aliphatic carbocycles. The molecule has 188 valence electrons. The van der Waals surface area contributed by atoms with Gasteiger partial charge in [-0.3, -0.25) is 0 Å². The number of carbonyl (C=O) groups excluding carboxylic acids is 1. The molecule has 4 heterocycles. The minimum absolute atomic E-state index is 0.160. The van der Waals surface area contributed by atoms with Gasteiger partial charge in [-0.2, -0.15) is 23.4 Å². The van der Waals surface area contributed by atoms with Gasteiger partial charge in [0, 0.05) is 12.7 Å². The summed E-state index contributed by atoms with van der Waals surface area (Å²) in [6.45, 7) is 3.81. The van der Waals surface area contributed by atoms with E-state index in [0.29, 0.717) is 21.6 Å². The number of rotatable bonds is 6. The van der Waals surface area contributed by atoms with E-state index in [-0.39, 0.29) is 11.6 Å². The normalized spacial score (nSPS) is 15.6. The Morgan fingerprint density at radius 3 is 2.53 bits per heavy atom. The van der Waals surface area contributed by atoms with Crippen molar-refractivity contribution in [2.45, 2.75) is 38.5 Å². The van der Waals surface area contributed by atoms with Gasteiger partial charge in [-0.1, -0.05) is 11.3 Å². The molecule has 1 atom stereocenters. The van der Waals surface area contributed by atoms with Gasteiger partial charge in [0.25, 0.3) is 0 Å². The summed E-state index contributed by atoms with van der Waals surface area (Å²) in [4.78, 5) is 27.2. The van der Waals surface area contributed by atoms with E-state index in [4.69, 9.17) is 4.74 Å². The maximum Gasteiger partial charge on any atom is 0.420 e. The number of halogens is 3. The molecule has 0 aliphatic heterocycles. The van der Waals surface area contributed by atoms with Crippen molar-refractivity contribution in [1.29, 1.82) is 0 Å². The van der Waals surface area contributed by atoms with E-state index in [0.717, 1.165) is 34.9 Å². The SMILES string of the molecule is COC(C)(c1c(NC(=O)Nc2cnc(-n3nccn3)c(C(F)(F)F)c2)cnc2sc(C)nc12)C1CC1. The zero-order valence-electron chi connectivity index (χ0n) is 19.4. The van der Waals surface area contributed by atoms with Gasteiger partial charge in [0.15, 0.2) is 5.82 Å². The molecular weight excluding hydrogens is 497 g/mol. The molecule has 1 saturated carbocycles.